The van der Waals surface area contributed by atoms with Crippen LogP contribution < -0.4 is 5.56 Å². The molecule has 1 aliphatic carbocycles. The average Bonchev–Trinajstić information content (AvgIpc) is 3.30. The predicted molar refractivity (Wildman–Crippen MR) is 101 cm³/mol. The van der Waals surface area contributed by atoms with E-state index in [4.69, 9.17) is 11.6 Å². The molecule has 2 aromatic heterocycles. The number of fused-ring (bicyclic) bond motifs is 2. The number of nitrogens with one attached hydrogen (secondary N) is 1. The lowest BCUT2D eigenvalue weighted by Gasteiger charge is -2.35. The van der Waals surface area contributed by atoms with E-state index in [0.29, 0.717) is 28.5 Å². The quantitative estimate of drug-likeness (QED) is 0.752. The zero-order valence-corrected chi connectivity index (χ0v) is 15.2. The molecule has 128 valence electrons. The molecule has 0 spiro atoms. The number of halogens is 1. The van der Waals surface area contributed by atoms with Crippen LogP contribution in [0.3, 0.4) is 0 Å². The van der Waals surface area contributed by atoms with Crippen LogP contribution in [-0.4, -0.2) is 21.4 Å². The Hall–Kier alpha value is -1.69. The third-order valence-corrected chi connectivity index (χ3v) is 6.49. The monoisotopic (exact) mass is 371 g/mol. The predicted octanol–water partition coefficient (Wildman–Crippen LogP) is 4.15. The smallest absolute Gasteiger partial charge is 0.258 e. The Morgan fingerprint density at radius 3 is 3.04 bits per heavy atom. The van der Waals surface area contributed by atoms with Gasteiger partial charge in [0.05, 0.1) is 17.4 Å². The van der Waals surface area contributed by atoms with Crippen LogP contribution in [0.5, 0.6) is 0 Å². The van der Waals surface area contributed by atoms with Crippen molar-refractivity contribution in [1.29, 1.82) is 0 Å². The van der Waals surface area contributed by atoms with Crippen LogP contribution in [0.15, 0.2) is 34.4 Å². The molecule has 1 saturated carbocycles. The first-order chi connectivity index (χ1) is 12.2. The number of rotatable bonds is 3. The maximum Gasteiger partial charge on any atom is 0.258 e. The fourth-order valence-electron chi connectivity index (χ4n) is 3.97. The van der Waals surface area contributed by atoms with E-state index >= 15 is 0 Å². The number of H-pyrrole nitrogens is 1. The zero-order chi connectivity index (χ0) is 17.0. The normalized spacial score (nSPS) is 20.8. The molecule has 1 aliphatic heterocycles. The van der Waals surface area contributed by atoms with Crippen molar-refractivity contribution >= 4 is 33.8 Å². The Balaban J connectivity index is 1.51. The summed E-state index contributed by atoms with van der Waals surface area (Å²) in [6.07, 6.45) is 3.68. The first-order valence-electron chi connectivity index (χ1n) is 8.68. The van der Waals surface area contributed by atoms with Crippen molar-refractivity contribution in [3.05, 3.63) is 61.3 Å². The molecule has 6 heteroatoms. The summed E-state index contributed by atoms with van der Waals surface area (Å²) in [7, 11) is 0. The fourth-order valence-corrected chi connectivity index (χ4v) is 5.05. The van der Waals surface area contributed by atoms with E-state index in [2.05, 4.69) is 26.3 Å². The number of aromatic nitrogens is 2. The van der Waals surface area contributed by atoms with Gasteiger partial charge in [0.2, 0.25) is 0 Å². The van der Waals surface area contributed by atoms with Crippen LogP contribution in [0.1, 0.15) is 35.1 Å². The standard InChI is InChI=1S/C19H18ClN3OS/c20-12-3-4-13-15(9-12)21-17(22-19(13)24)10-23-7-5-16-14(6-8-25-16)18(23)11-1-2-11/h3-4,6,8-9,11,18H,1-2,5,7,10H2,(H,21,22,24)/t18-/m0/s1. The van der Waals surface area contributed by atoms with Gasteiger partial charge < -0.3 is 4.98 Å². The Labute approximate surface area is 154 Å². The van der Waals surface area contributed by atoms with Gasteiger partial charge >= 0.3 is 0 Å². The SMILES string of the molecule is O=c1[nH]c(CN2CCc3sccc3[C@@H]2C2CC2)nc2cc(Cl)ccc12. The summed E-state index contributed by atoms with van der Waals surface area (Å²) in [6.45, 7) is 1.69. The average molecular weight is 372 g/mol. The van der Waals surface area contributed by atoms with Crippen molar-refractivity contribution < 1.29 is 0 Å². The van der Waals surface area contributed by atoms with Gasteiger partial charge in [0.15, 0.2) is 0 Å². The van der Waals surface area contributed by atoms with E-state index in [-0.39, 0.29) is 5.56 Å². The highest BCUT2D eigenvalue weighted by atomic mass is 35.5. The minimum absolute atomic E-state index is 0.0899. The van der Waals surface area contributed by atoms with Gasteiger partial charge in [-0.3, -0.25) is 9.69 Å². The molecule has 0 saturated heterocycles. The van der Waals surface area contributed by atoms with Crippen molar-refractivity contribution in [2.75, 3.05) is 6.54 Å². The molecule has 0 amide bonds. The Kier molecular flexibility index (Phi) is 3.69. The Morgan fingerprint density at radius 2 is 2.20 bits per heavy atom. The van der Waals surface area contributed by atoms with Gasteiger partial charge in [0, 0.05) is 22.5 Å². The zero-order valence-electron chi connectivity index (χ0n) is 13.7. The molecule has 0 bridgehead atoms. The Bertz CT molecular complexity index is 1010. The van der Waals surface area contributed by atoms with Crippen LogP contribution >= 0.6 is 22.9 Å². The van der Waals surface area contributed by atoms with Crippen LogP contribution in [0, 0.1) is 5.92 Å². The fraction of sp³-hybridized carbons (Fsp3) is 0.368. The number of thiophene rings is 1. The summed E-state index contributed by atoms with van der Waals surface area (Å²) in [6, 6.07) is 7.98. The molecule has 0 unspecified atom stereocenters. The molecule has 3 aromatic rings. The van der Waals surface area contributed by atoms with Crippen molar-refractivity contribution in [2.24, 2.45) is 5.92 Å². The van der Waals surface area contributed by atoms with E-state index in [0.717, 1.165) is 24.7 Å². The van der Waals surface area contributed by atoms with Crippen molar-refractivity contribution in [3.8, 4) is 0 Å². The maximum absolute atomic E-state index is 12.4. The van der Waals surface area contributed by atoms with Crippen LogP contribution in [0.25, 0.3) is 10.9 Å². The molecule has 4 nitrogen and oxygen atoms in total. The number of hydrogen-bond donors (Lipinski definition) is 1. The van der Waals surface area contributed by atoms with E-state index < -0.39 is 0 Å². The molecule has 25 heavy (non-hydrogen) atoms. The summed E-state index contributed by atoms with van der Waals surface area (Å²) < 4.78 is 0. The van der Waals surface area contributed by atoms with Gasteiger partial charge in [-0.05, 0) is 60.4 Å². The van der Waals surface area contributed by atoms with Crippen molar-refractivity contribution in [1.82, 2.24) is 14.9 Å². The van der Waals surface area contributed by atoms with Gasteiger partial charge in [-0.2, -0.15) is 0 Å². The van der Waals surface area contributed by atoms with Crippen LogP contribution in [-0.2, 0) is 13.0 Å². The van der Waals surface area contributed by atoms with E-state index in [1.165, 1.54) is 23.3 Å². The third-order valence-electron chi connectivity index (χ3n) is 5.26. The van der Waals surface area contributed by atoms with Gasteiger partial charge in [-0.25, -0.2) is 4.98 Å². The van der Waals surface area contributed by atoms with Gasteiger partial charge in [-0.15, -0.1) is 11.3 Å². The molecule has 1 fully saturated rings. The highest BCUT2D eigenvalue weighted by Crippen LogP contribution is 2.48. The van der Waals surface area contributed by atoms with E-state index in [1.54, 1.807) is 18.2 Å². The first kappa shape index (κ1) is 15.6. The lowest BCUT2D eigenvalue weighted by atomic mass is 9.96. The van der Waals surface area contributed by atoms with Gasteiger partial charge in [-0.1, -0.05) is 11.6 Å². The van der Waals surface area contributed by atoms with Crippen molar-refractivity contribution in [3.63, 3.8) is 0 Å². The molecule has 5 rings (SSSR count). The molecule has 1 atom stereocenters. The summed E-state index contributed by atoms with van der Waals surface area (Å²) in [4.78, 5) is 24.0. The first-order valence-corrected chi connectivity index (χ1v) is 9.93. The second-order valence-electron chi connectivity index (χ2n) is 6.98. The van der Waals surface area contributed by atoms with Gasteiger partial charge in [0.1, 0.15) is 5.82 Å². The van der Waals surface area contributed by atoms with E-state index in [1.807, 2.05) is 11.3 Å². The summed E-state index contributed by atoms with van der Waals surface area (Å²) in [5.41, 5.74) is 2.07. The highest BCUT2D eigenvalue weighted by Gasteiger charge is 2.40. The molecule has 0 radical (unpaired) electrons. The topological polar surface area (TPSA) is 49.0 Å². The minimum atomic E-state index is -0.0899. The number of nitrogens with zero attached hydrogens (tertiary/aromatic N) is 2. The number of hydrogen-bond acceptors (Lipinski definition) is 4. The van der Waals surface area contributed by atoms with Gasteiger partial charge in [0.25, 0.3) is 5.56 Å². The lowest BCUT2D eigenvalue weighted by molar-refractivity contribution is 0.154. The molecule has 1 N–H and O–H groups in total. The molecule has 3 heterocycles. The van der Waals surface area contributed by atoms with Crippen LogP contribution in [0.4, 0.5) is 0 Å². The molecular formula is C19H18ClN3OS. The maximum atomic E-state index is 12.4. The summed E-state index contributed by atoms with van der Waals surface area (Å²) in [5.74, 6) is 1.47. The summed E-state index contributed by atoms with van der Waals surface area (Å²) in [5, 5.41) is 3.40. The third kappa shape index (κ3) is 2.80. The molecule has 2 aliphatic rings. The number of benzene rings is 1. The van der Waals surface area contributed by atoms with Crippen LogP contribution in [0.2, 0.25) is 5.02 Å². The lowest BCUT2D eigenvalue weighted by Crippen LogP contribution is -2.36. The second-order valence-corrected chi connectivity index (χ2v) is 8.41. The largest absolute Gasteiger partial charge is 0.309 e. The number of aromatic amines is 1. The highest BCUT2D eigenvalue weighted by molar-refractivity contribution is 7.10. The van der Waals surface area contributed by atoms with E-state index in [9.17, 15) is 4.79 Å². The minimum Gasteiger partial charge on any atom is -0.309 e. The molecular weight excluding hydrogens is 354 g/mol. The second kappa shape index (κ2) is 5.94. The molecule has 1 aromatic carbocycles. The van der Waals surface area contributed by atoms with Crippen molar-refractivity contribution in [2.45, 2.75) is 31.8 Å². The summed E-state index contributed by atoms with van der Waals surface area (Å²) >= 11 is 7.94. The Morgan fingerprint density at radius 1 is 1.32 bits per heavy atom.